The van der Waals surface area contributed by atoms with Crippen LogP contribution >= 0.6 is 11.6 Å². The maximum atomic E-state index is 6.33. The Kier molecular flexibility index (Phi) is 3.72. The number of benzene rings is 1. The minimum atomic E-state index is -0.654. The lowest BCUT2D eigenvalue weighted by atomic mass is 9.85. The highest BCUT2D eigenvalue weighted by Crippen LogP contribution is 2.40. The molecule has 18 heavy (non-hydrogen) atoms. The molecule has 1 aromatic rings. The summed E-state index contributed by atoms with van der Waals surface area (Å²) in [6.45, 7) is 9.89. The molecule has 1 saturated heterocycles. The van der Waals surface area contributed by atoms with Crippen molar-refractivity contribution >= 4 is 11.6 Å². The van der Waals surface area contributed by atoms with Gasteiger partial charge in [0.1, 0.15) is 0 Å². The zero-order valence-electron chi connectivity index (χ0n) is 11.5. The maximum absolute atomic E-state index is 6.33. The SMILES string of the molecule is CCC1(c2cc(C(C)(C)C)ccc2Cl)OCCO1. The molecule has 0 aliphatic carbocycles. The summed E-state index contributed by atoms with van der Waals surface area (Å²) in [4.78, 5) is 0. The smallest absolute Gasteiger partial charge is 0.196 e. The van der Waals surface area contributed by atoms with E-state index in [1.807, 2.05) is 6.07 Å². The highest BCUT2D eigenvalue weighted by molar-refractivity contribution is 6.31. The topological polar surface area (TPSA) is 18.5 Å². The molecule has 0 unspecified atom stereocenters. The van der Waals surface area contributed by atoms with E-state index in [0.717, 1.165) is 12.0 Å². The average Bonchev–Trinajstić information content (AvgIpc) is 2.77. The summed E-state index contributed by atoms with van der Waals surface area (Å²) >= 11 is 6.33. The second-order valence-electron chi connectivity index (χ2n) is 5.75. The van der Waals surface area contributed by atoms with Gasteiger partial charge < -0.3 is 9.47 Å². The van der Waals surface area contributed by atoms with Gasteiger partial charge in [0.15, 0.2) is 5.79 Å². The quantitative estimate of drug-likeness (QED) is 0.798. The van der Waals surface area contributed by atoms with Crippen molar-refractivity contribution in [2.75, 3.05) is 13.2 Å². The lowest BCUT2D eigenvalue weighted by molar-refractivity contribution is -0.167. The van der Waals surface area contributed by atoms with E-state index in [4.69, 9.17) is 21.1 Å². The van der Waals surface area contributed by atoms with E-state index in [9.17, 15) is 0 Å². The van der Waals surface area contributed by atoms with Gasteiger partial charge in [0.25, 0.3) is 0 Å². The van der Waals surface area contributed by atoms with Crippen molar-refractivity contribution < 1.29 is 9.47 Å². The van der Waals surface area contributed by atoms with Gasteiger partial charge in [0, 0.05) is 17.0 Å². The van der Waals surface area contributed by atoms with Gasteiger partial charge in [-0.3, -0.25) is 0 Å². The first kappa shape index (κ1) is 13.9. The molecule has 0 aromatic heterocycles. The Morgan fingerprint density at radius 1 is 1.22 bits per heavy atom. The molecule has 1 aromatic carbocycles. The summed E-state index contributed by atoms with van der Waals surface area (Å²) < 4.78 is 11.6. The largest absolute Gasteiger partial charge is 0.343 e. The molecule has 1 aliphatic rings. The Labute approximate surface area is 114 Å². The summed E-state index contributed by atoms with van der Waals surface area (Å²) in [5, 5.41) is 0.715. The van der Waals surface area contributed by atoms with Gasteiger partial charge in [-0.05, 0) is 23.1 Å². The van der Waals surface area contributed by atoms with Gasteiger partial charge in [-0.25, -0.2) is 0 Å². The van der Waals surface area contributed by atoms with Crippen molar-refractivity contribution in [2.45, 2.75) is 45.3 Å². The normalized spacial score (nSPS) is 19.2. The maximum Gasteiger partial charge on any atom is 0.196 e. The standard InChI is InChI=1S/C15H21ClO2/c1-5-15(17-8-9-18-15)12-10-11(14(2,3)4)6-7-13(12)16/h6-7,10H,5,8-9H2,1-4H3. The Morgan fingerprint density at radius 3 is 2.33 bits per heavy atom. The minimum absolute atomic E-state index is 0.0902. The molecule has 1 fully saturated rings. The third-order valence-electron chi connectivity index (χ3n) is 3.46. The molecule has 2 nitrogen and oxygen atoms in total. The molecule has 3 heteroatoms. The third kappa shape index (κ3) is 2.42. The van der Waals surface area contributed by atoms with E-state index in [-0.39, 0.29) is 5.41 Å². The van der Waals surface area contributed by atoms with Gasteiger partial charge in [0.05, 0.1) is 13.2 Å². The first-order valence-electron chi connectivity index (χ1n) is 6.47. The van der Waals surface area contributed by atoms with Crippen LogP contribution in [0.1, 0.15) is 45.2 Å². The predicted octanol–water partition coefficient (Wildman–Crippen LogP) is 4.25. The molecule has 0 amide bonds. The van der Waals surface area contributed by atoms with Crippen LogP contribution in [-0.4, -0.2) is 13.2 Å². The second-order valence-corrected chi connectivity index (χ2v) is 6.16. The molecule has 1 aliphatic heterocycles. The van der Waals surface area contributed by atoms with Crippen molar-refractivity contribution in [1.82, 2.24) is 0 Å². The van der Waals surface area contributed by atoms with Gasteiger partial charge >= 0.3 is 0 Å². The Hall–Kier alpha value is -0.570. The summed E-state index contributed by atoms with van der Waals surface area (Å²) in [7, 11) is 0. The molecule has 0 radical (unpaired) electrons. The van der Waals surface area contributed by atoms with Crippen LogP contribution < -0.4 is 0 Å². The van der Waals surface area contributed by atoms with Gasteiger partial charge in [0.2, 0.25) is 0 Å². The zero-order chi connectivity index (χ0) is 13.4. The fourth-order valence-corrected chi connectivity index (χ4v) is 2.55. The summed E-state index contributed by atoms with van der Waals surface area (Å²) in [5.41, 5.74) is 2.29. The molecular formula is C15H21ClO2. The number of ether oxygens (including phenoxy) is 2. The van der Waals surface area contributed by atoms with Crippen LogP contribution in [0.25, 0.3) is 0 Å². The van der Waals surface area contributed by atoms with Crippen LogP contribution in [0, 0.1) is 0 Å². The molecular weight excluding hydrogens is 248 g/mol. The van der Waals surface area contributed by atoms with E-state index < -0.39 is 5.79 Å². The van der Waals surface area contributed by atoms with E-state index in [0.29, 0.717) is 18.2 Å². The summed E-state index contributed by atoms with van der Waals surface area (Å²) in [6, 6.07) is 6.14. The summed E-state index contributed by atoms with van der Waals surface area (Å²) in [6.07, 6.45) is 0.764. The molecule has 1 heterocycles. The molecule has 0 spiro atoms. The van der Waals surface area contributed by atoms with Crippen LogP contribution in [0.15, 0.2) is 18.2 Å². The predicted molar refractivity (Wildman–Crippen MR) is 74.0 cm³/mol. The minimum Gasteiger partial charge on any atom is -0.343 e. The highest BCUT2D eigenvalue weighted by atomic mass is 35.5. The van der Waals surface area contributed by atoms with E-state index >= 15 is 0 Å². The number of halogens is 1. The monoisotopic (exact) mass is 268 g/mol. The van der Waals surface area contributed by atoms with Crippen molar-refractivity contribution in [2.24, 2.45) is 0 Å². The number of hydrogen-bond donors (Lipinski definition) is 0. The first-order chi connectivity index (χ1) is 8.39. The van der Waals surface area contributed by atoms with Crippen molar-refractivity contribution in [3.05, 3.63) is 34.3 Å². The Morgan fingerprint density at radius 2 is 1.83 bits per heavy atom. The third-order valence-corrected chi connectivity index (χ3v) is 3.79. The van der Waals surface area contributed by atoms with Crippen LogP contribution in [0.4, 0.5) is 0 Å². The first-order valence-corrected chi connectivity index (χ1v) is 6.85. The lowest BCUT2D eigenvalue weighted by Gasteiger charge is -2.29. The fraction of sp³-hybridized carbons (Fsp3) is 0.600. The highest BCUT2D eigenvalue weighted by Gasteiger charge is 2.39. The summed E-state index contributed by atoms with van der Waals surface area (Å²) in [5.74, 6) is -0.654. The van der Waals surface area contributed by atoms with Crippen LogP contribution in [0.5, 0.6) is 0 Å². The van der Waals surface area contributed by atoms with Crippen molar-refractivity contribution in [3.8, 4) is 0 Å². The molecule has 0 atom stereocenters. The van der Waals surface area contributed by atoms with Crippen LogP contribution in [0.2, 0.25) is 5.02 Å². The molecule has 2 rings (SSSR count). The van der Waals surface area contributed by atoms with Crippen molar-refractivity contribution in [1.29, 1.82) is 0 Å². The molecule has 100 valence electrons. The number of rotatable bonds is 2. The van der Waals surface area contributed by atoms with E-state index in [2.05, 4.69) is 39.8 Å². The van der Waals surface area contributed by atoms with Crippen molar-refractivity contribution in [3.63, 3.8) is 0 Å². The van der Waals surface area contributed by atoms with Gasteiger partial charge in [-0.2, -0.15) is 0 Å². The van der Waals surface area contributed by atoms with Crippen LogP contribution in [-0.2, 0) is 20.7 Å². The lowest BCUT2D eigenvalue weighted by Crippen LogP contribution is -2.27. The fourth-order valence-electron chi connectivity index (χ4n) is 2.29. The zero-order valence-corrected chi connectivity index (χ0v) is 12.3. The van der Waals surface area contributed by atoms with E-state index in [1.165, 1.54) is 5.56 Å². The van der Waals surface area contributed by atoms with E-state index in [1.54, 1.807) is 0 Å². The number of hydrogen-bond acceptors (Lipinski definition) is 2. The molecule has 0 saturated carbocycles. The molecule has 0 bridgehead atoms. The second kappa shape index (κ2) is 4.84. The molecule has 0 N–H and O–H groups in total. The van der Waals surface area contributed by atoms with Gasteiger partial charge in [-0.1, -0.05) is 45.4 Å². The Bertz CT molecular complexity index is 429. The average molecular weight is 269 g/mol. The van der Waals surface area contributed by atoms with Crippen LogP contribution in [0.3, 0.4) is 0 Å². The Balaban J connectivity index is 2.49. The van der Waals surface area contributed by atoms with Gasteiger partial charge in [-0.15, -0.1) is 0 Å².